The van der Waals surface area contributed by atoms with Crippen LogP contribution in [0.1, 0.15) is 59.8 Å². The standard InChI is InChI=1S/C20H41N5O.HI/c1-6-13-24(9-4)16-12-22-20(21-5)23-18-10-14-25(15-11-18)19(26)17(7-2)8-3;/h17-18H,6-16H2,1-5H3,(H2,21,22,23);1H. The Kier molecular flexibility index (Phi) is 15.0. The number of likely N-dealkylation sites (N-methyl/N-ethyl adjacent to an activating group) is 1. The Hall–Kier alpha value is -0.570. The number of amides is 1. The second kappa shape index (κ2) is 15.4. The Balaban J connectivity index is 0.00000676. The van der Waals surface area contributed by atoms with Crippen molar-refractivity contribution in [1.29, 1.82) is 0 Å². The van der Waals surface area contributed by atoms with Crippen molar-refractivity contribution >= 4 is 35.8 Å². The summed E-state index contributed by atoms with van der Waals surface area (Å²) in [5, 5.41) is 6.96. The molecule has 0 aliphatic carbocycles. The van der Waals surface area contributed by atoms with Gasteiger partial charge in [-0.15, -0.1) is 24.0 Å². The number of carbonyl (C=O) groups is 1. The molecule has 1 fully saturated rings. The summed E-state index contributed by atoms with van der Waals surface area (Å²) in [7, 11) is 1.82. The molecule has 6 nitrogen and oxygen atoms in total. The van der Waals surface area contributed by atoms with E-state index in [-0.39, 0.29) is 29.9 Å². The van der Waals surface area contributed by atoms with E-state index in [1.807, 2.05) is 7.05 Å². The average Bonchev–Trinajstić information content (AvgIpc) is 2.67. The summed E-state index contributed by atoms with van der Waals surface area (Å²) in [5.74, 6) is 1.41. The summed E-state index contributed by atoms with van der Waals surface area (Å²) in [6, 6.07) is 0.393. The highest BCUT2D eigenvalue weighted by Gasteiger charge is 2.26. The zero-order valence-electron chi connectivity index (χ0n) is 18.1. The monoisotopic (exact) mass is 495 g/mol. The van der Waals surface area contributed by atoms with Crippen molar-refractivity contribution in [3.05, 3.63) is 0 Å². The number of hydrogen-bond acceptors (Lipinski definition) is 3. The van der Waals surface area contributed by atoms with Gasteiger partial charge >= 0.3 is 0 Å². The summed E-state index contributed by atoms with van der Waals surface area (Å²) < 4.78 is 0. The highest BCUT2D eigenvalue weighted by atomic mass is 127. The van der Waals surface area contributed by atoms with Crippen molar-refractivity contribution in [3.8, 4) is 0 Å². The molecule has 0 aromatic heterocycles. The molecule has 7 heteroatoms. The lowest BCUT2D eigenvalue weighted by Crippen LogP contribution is -2.51. The molecular weight excluding hydrogens is 453 g/mol. The van der Waals surface area contributed by atoms with Gasteiger partial charge in [-0.3, -0.25) is 9.79 Å². The van der Waals surface area contributed by atoms with Crippen LogP contribution in [-0.4, -0.2) is 74.0 Å². The van der Waals surface area contributed by atoms with Gasteiger partial charge in [0, 0.05) is 45.2 Å². The van der Waals surface area contributed by atoms with E-state index in [9.17, 15) is 4.79 Å². The van der Waals surface area contributed by atoms with Gasteiger partial charge in [-0.2, -0.15) is 0 Å². The van der Waals surface area contributed by atoms with Crippen molar-refractivity contribution in [1.82, 2.24) is 20.4 Å². The van der Waals surface area contributed by atoms with Gasteiger partial charge in [-0.05, 0) is 45.2 Å². The van der Waals surface area contributed by atoms with Crippen LogP contribution in [0, 0.1) is 5.92 Å². The maximum Gasteiger partial charge on any atom is 0.225 e. The molecule has 0 saturated carbocycles. The number of carbonyl (C=O) groups excluding carboxylic acids is 1. The normalized spacial score (nSPS) is 15.8. The fraction of sp³-hybridized carbons (Fsp3) is 0.900. The van der Waals surface area contributed by atoms with Crippen molar-refractivity contribution in [3.63, 3.8) is 0 Å². The summed E-state index contributed by atoms with van der Waals surface area (Å²) in [4.78, 5) is 21.4. The quantitative estimate of drug-likeness (QED) is 0.278. The summed E-state index contributed by atoms with van der Waals surface area (Å²) in [6.45, 7) is 14.5. The van der Waals surface area contributed by atoms with Crippen LogP contribution < -0.4 is 10.6 Å². The molecule has 1 aliphatic heterocycles. The van der Waals surface area contributed by atoms with Gasteiger partial charge in [-0.1, -0.05) is 27.7 Å². The molecule has 2 N–H and O–H groups in total. The average molecular weight is 495 g/mol. The highest BCUT2D eigenvalue weighted by Crippen LogP contribution is 2.17. The van der Waals surface area contributed by atoms with E-state index in [0.29, 0.717) is 11.9 Å². The fourth-order valence-corrected chi connectivity index (χ4v) is 3.60. The maximum absolute atomic E-state index is 12.5. The minimum Gasteiger partial charge on any atom is -0.355 e. The minimum absolute atomic E-state index is 0. The van der Waals surface area contributed by atoms with E-state index in [1.165, 1.54) is 6.42 Å². The van der Waals surface area contributed by atoms with Gasteiger partial charge in [-0.25, -0.2) is 0 Å². The van der Waals surface area contributed by atoms with Crippen molar-refractivity contribution in [2.24, 2.45) is 10.9 Å². The van der Waals surface area contributed by atoms with Crippen molar-refractivity contribution in [2.45, 2.75) is 65.8 Å². The van der Waals surface area contributed by atoms with Crippen molar-refractivity contribution < 1.29 is 4.79 Å². The zero-order chi connectivity index (χ0) is 19.4. The van der Waals surface area contributed by atoms with Gasteiger partial charge in [0.25, 0.3) is 0 Å². The van der Waals surface area contributed by atoms with Crippen LogP contribution >= 0.6 is 24.0 Å². The molecule has 160 valence electrons. The Morgan fingerprint density at radius 2 is 1.78 bits per heavy atom. The van der Waals surface area contributed by atoms with Crippen LogP contribution in [0.5, 0.6) is 0 Å². The molecule has 27 heavy (non-hydrogen) atoms. The predicted molar refractivity (Wildman–Crippen MR) is 126 cm³/mol. The van der Waals surface area contributed by atoms with Crippen LogP contribution in [0.4, 0.5) is 0 Å². The molecule has 0 bridgehead atoms. The minimum atomic E-state index is 0. The molecule has 0 spiro atoms. The number of nitrogens with one attached hydrogen (secondary N) is 2. The van der Waals surface area contributed by atoms with Gasteiger partial charge in [0.05, 0.1) is 0 Å². The topological polar surface area (TPSA) is 60.0 Å². The van der Waals surface area contributed by atoms with Crippen LogP contribution in [0.15, 0.2) is 4.99 Å². The molecule has 0 atom stereocenters. The number of likely N-dealkylation sites (tertiary alicyclic amines) is 1. The second-order valence-electron chi connectivity index (χ2n) is 7.19. The largest absolute Gasteiger partial charge is 0.355 e. The lowest BCUT2D eigenvalue weighted by molar-refractivity contribution is -0.136. The summed E-state index contributed by atoms with van der Waals surface area (Å²) in [5.41, 5.74) is 0. The van der Waals surface area contributed by atoms with E-state index in [2.05, 4.69) is 53.1 Å². The van der Waals surface area contributed by atoms with Gasteiger partial charge in [0.1, 0.15) is 0 Å². The van der Waals surface area contributed by atoms with Gasteiger partial charge in [0.15, 0.2) is 5.96 Å². The molecule has 0 unspecified atom stereocenters. The van der Waals surface area contributed by atoms with Gasteiger partial charge < -0.3 is 20.4 Å². The number of piperidine rings is 1. The first-order valence-electron chi connectivity index (χ1n) is 10.6. The van der Waals surface area contributed by atoms with E-state index in [4.69, 9.17) is 0 Å². The third kappa shape index (κ3) is 9.45. The molecule has 0 aromatic rings. The number of rotatable bonds is 10. The number of guanidine groups is 1. The molecular formula is C20H42IN5O. The molecule has 1 heterocycles. The molecule has 1 rings (SSSR count). The number of hydrogen-bond donors (Lipinski definition) is 2. The third-order valence-corrected chi connectivity index (χ3v) is 5.41. The lowest BCUT2D eigenvalue weighted by Gasteiger charge is -2.35. The van der Waals surface area contributed by atoms with Gasteiger partial charge in [0.2, 0.25) is 5.91 Å². The zero-order valence-corrected chi connectivity index (χ0v) is 20.4. The SMILES string of the molecule is CCCN(CC)CCNC(=NC)NC1CCN(C(=O)C(CC)CC)CC1.I. The number of aliphatic imine (C=N–C) groups is 1. The third-order valence-electron chi connectivity index (χ3n) is 5.41. The summed E-state index contributed by atoms with van der Waals surface area (Å²) in [6.07, 6.45) is 5.05. The van der Waals surface area contributed by atoms with E-state index >= 15 is 0 Å². The molecule has 1 amide bonds. The second-order valence-corrected chi connectivity index (χ2v) is 7.19. The Bertz CT molecular complexity index is 421. The first-order valence-corrected chi connectivity index (χ1v) is 10.6. The number of nitrogens with zero attached hydrogens (tertiary/aromatic N) is 3. The Labute approximate surface area is 183 Å². The predicted octanol–water partition coefficient (Wildman–Crippen LogP) is 2.93. The molecule has 0 radical (unpaired) electrons. The molecule has 1 saturated heterocycles. The Morgan fingerprint density at radius 1 is 1.15 bits per heavy atom. The van der Waals surface area contributed by atoms with E-state index < -0.39 is 0 Å². The van der Waals surface area contributed by atoms with Crippen LogP contribution in [0.3, 0.4) is 0 Å². The fourth-order valence-electron chi connectivity index (χ4n) is 3.60. The Morgan fingerprint density at radius 3 is 2.26 bits per heavy atom. The summed E-state index contributed by atoms with van der Waals surface area (Å²) >= 11 is 0. The van der Waals surface area contributed by atoms with Crippen LogP contribution in [-0.2, 0) is 4.79 Å². The first kappa shape index (κ1) is 26.4. The van der Waals surface area contributed by atoms with E-state index in [1.54, 1.807) is 0 Å². The first-order chi connectivity index (χ1) is 12.6. The van der Waals surface area contributed by atoms with Crippen molar-refractivity contribution in [2.75, 3.05) is 46.3 Å². The van der Waals surface area contributed by atoms with Crippen LogP contribution in [0.25, 0.3) is 0 Å². The molecule has 0 aromatic carbocycles. The van der Waals surface area contributed by atoms with E-state index in [0.717, 1.165) is 70.9 Å². The number of halogens is 1. The highest BCUT2D eigenvalue weighted by molar-refractivity contribution is 14.0. The molecule has 1 aliphatic rings. The smallest absolute Gasteiger partial charge is 0.225 e. The van der Waals surface area contributed by atoms with Crippen LogP contribution in [0.2, 0.25) is 0 Å². The maximum atomic E-state index is 12.5. The lowest BCUT2D eigenvalue weighted by atomic mass is 9.98.